The van der Waals surface area contributed by atoms with Crippen LogP contribution >= 0.6 is 0 Å². The molecule has 1 aliphatic carbocycles. The van der Waals surface area contributed by atoms with Crippen LogP contribution in [-0.2, 0) is 0 Å². The van der Waals surface area contributed by atoms with Crippen LogP contribution in [0.3, 0.4) is 0 Å². The first-order chi connectivity index (χ1) is 10.5. The fourth-order valence-corrected chi connectivity index (χ4v) is 2.51. The van der Waals surface area contributed by atoms with Gasteiger partial charge in [0.05, 0.1) is 14.2 Å². The molecule has 0 saturated heterocycles. The van der Waals surface area contributed by atoms with Gasteiger partial charge in [0.1, 0.15) is 0 Å². The molecule has 0 bridgehead atoms. The Bertz CT molecular complexity index is 752. The normalized spacial score (nSPS) is 12.6. The minimum atomic E-state index is -0.430. The van der Waals surface area contributed by atoms with Crippen LogP contribution in [0, 0.1) is 0 Å². The van der Waals surface area contributed by atoms with Crippen molar-refractivity contribution < 1.29 is 29.3 Å². The predicted molar refractivity (Wildman–Crippen MR) is 76.2 cm³/mol. The smallest absolute Gasteiger partial charge is 0.194 e. The number of aromatic hydroxyl groups is 2. The predicted octanol–water partition coefficient (Wildman–Crippen LogP) is 1.89. The van der Waals surface area contributed by atoms with Gasteiger partial charge in [-0.15, -0.1) is 0 Å². The highest BCUT2D eigenvalue weighted by atomic mass is 16.5. The zero-order valence-corrected chi connectivity index (χ0v) is 11.8. The van der Waals surface area contributed by atoms with Crippen molar-refractivity contribution in [3.05, 3.63) is 46.5 Å². The van der Waals surface area contributed by atoms with Gasteiger partial charge in [0.2, 0.25) is 0 Å². The number of fused-ring (bicyclic) bond motifs is 2. The summed E-state index contributed by atoms with van der Waals surface area (Å²) in [6.45, 7) is 0. The molecule has 0 aliphatic heterocycles. The summed E-state index contributed by atoms with van der Waals surface area (Å²) in [5, 5.41) is 19.6. The molecule has 2 aromatic rings. The highest BCUT2D eigenvalue weighted by molar-refractivity contribution is 6.29. The summed E-state index contributed by atoms with van der Waals surface area (Å²) < 4.78 is 9.92. The van der Waals surface area contributed by atoms with Gasteiger partial charge in [-0.2, -0.15) is 0 Å². The fraction of sp³-hybridized carbons (Fsp3) is 0.125. The van der Waals surface area contributed by atoms with Gasteiger partial charge < -0.3 is 19.7 Å². The Balaban J connectivity index is 2.27. The summed E-state index contributed by atoms with van der Waals surface area (Å²) in [6.07, 6.45) is 0. The molecule has 0 unspecified atom stereocenters. The Morgan fingerprint density at radius 2 is 1.00 bits per heavy atom. The number of hydrogen-bond donors (Lipinski definition) is 2. The van der Waals surface area contributed by atoms with Crippen LogP contribution in [0.5, 0.6) is 23.0 Å². The van der Waals surface area contributed by atoms with Crippen molar-refractivity contribution in [2.24, 2.45) is 0 Å². The summed E-state index contributed by atoms with van der Waals surface area (Å²) in [5.41, 5.74) is 0.417. The molecule has 6 heteroatoms. The van der Waals surface area contributed by atoms with Gasteiger partial charge in [-0.3, -0.25) is 9.59 Å². The molecule has 0 fully saturated rings. The van der Waals surface area contributed by atoms with E-state index >= 15 is 0 Å². The Kier molecular flexibility index (Phi) is 3.02. The van der Waals surface area contributed by atoms with Crippen LogP contribution < -0.4 is 9.47 Å². The highest BCUT2D eigenvalue weighted by Crippen LogP contribution is 2.38. The van der Waals surface area contributed by atoms with Crippen molar-refractivity contribution in [1.29, 1.82) is 0 Å². The number of carbonyl (C=O) groups excluding carboxylic acids is 2. The molecule has 112 valence electrons. The molecule has 0 heterocycles. The number of phenols is 2. The van der Waals surface area contributed by atoms with Crippen molar-refractivity contribution in [2.45, 2.75) is 0 Å². The van der Waals surface area contributed by atoms with Gasteiger partial charge in [0, 0.05) is 22.3 Å². The van der Waals surface area contributed by atoms with E-state index in [0.717, 1.165) is 0 Å². The van der Waals surface area contributed by atoms with E-state index in [1.54, 1.807) is 0 Å². The first-order valence-corrected chi connectivity index (χ1v) is 6.39. The third-order valence-corrected chi connectivity index (χ3v) is 3.62. The topological polar surface area (TPSA) is 93.1 Å². The molecular weight excluding hydrogens is 288 g/mol. The molecule has 2 aromatic carbocycles. The van der Waals surface area contributed by atoms with E-state index in [2.05, 4.69) is 0 Å². The third kappa shape index (κ3) is 1.81. The van der Waals surface area contributed by atoms with Gasteiger partial charge in [0.25, 0.3) is 0 Å². The lowest BCUT2D eigenvalue weighted by atomic mass is 9.83. The second-order valence-corrected chi connectivity index (χ2v) is 4.80. The van der Waals surface area contributed by atoms with Crippen LogP contribution in [0.2, 0.25) is 0 Å². The molecule has 0 spiro atoms. The van der Waals surface area contributed by atoms with Crippen molar-refractivity contribution in [3.63, 3.8) is 0 Å². The molecule has 22 heavy (non-hydrogen) atoms. The van der Waals surface area contributed by atoms with Crippen LogP contribution in [0.25, 0.3) is 0 Å². The Morgan fingerprint density at radius 3 is 1.32 bits per heavy atom. The monoisotopic (exact) mass is 300 g/mol. The highest BCUT2D eigenvalue weighted by Gasteiger charge is 2.32. The molecule has 1 aliphatic rings. The Morgan fingerprint density at radius 1 is 0.682 bits per heavy atom. The van der Waals surface area contributed by atoms with Crippen LogP contribution in [0.4, 0.5) is 0 Å². The average molecular weight is 300 g/mol. The number of methoxy groups -OCH3 is 2. The van der Waals surface area contributed by atoms with Crippen LogP contribution in [0.1, 0.15) is 31.8 Å². The summed E-state index contributed by atoms with van der Waals surface area (Å²) in [7, 11) is 2.70. The molecule has 0 radical (unpaired) electrons. The molecular formula is C16H12O6. The minimum absolute atomic E-state index is 0.0866. The summed E-state index contributed by atoms with van der Waals surface area (Å²) >= 11 is 0. The quantitative estimate of drug-likeness (QED) is 0.750. The number of carbonyl (C=O) groups is 2. The molecule has 0 amide bonds. The summed E-state index contributed by atoms with van der Waals surface area (Å²) in [5.74, 6) is -1.11. The van der Waals surface area contributed by atoms with E-state index in [-0.39, 0.29) is 45.3 Å². The third-order valence-electron chi connectivity index (χ3n) is 3.62. The summed E-state index contributed by atoms with van der Waals surface area (Å²) in [4.78, 5) is 25.1. The van der Waals surface area contributed by atoms with Gasteiger partial charge in [-0.05, 0) is 24.3 Å². The van der Waals surface area contributed by atoms with Gasteiger partial charge in [-0.25, -0.2) is 0 Å². The number of phenolic OH excluding ortho intramolecular Hbond substituents is 2. The first kappa shape index (κ1) is 13.9. The molecule has 6 nitrogen and oxygen atoms in total. The number of ketones is 2. The molecule has 3 rings (SSSR count). The van der Waals surface area contributed by atoms with E-state index in [4.69, 9.17) is 9.47 Å². The number of rotatable bonds is 2. The molecule has 0 atom stereocenters. The van der Waals surface area contributed by atoms with Crippen LogP contribution in [0.15, 0.2) is 24.3 Å². The molecule has 2 N–H and O–H groups in total. The second kappa shape index (κ2) is 4.77. The van der Waals surface area contributed by atoms with Crippen molar-refractivity contribution >= 4 is 11.6 Å². The fourth-order valence-electron chi connectivity index (χ4n) is 2.51. The van der Waals surface area contributed by atoms with Crippen molar-refractivity contribution in [2.75, 3.05) is 14.2 Å². The lowest BCUT2D eigenvalue weighted by Gasteiger charge is -2.19. The number of benzene rings is 2. The summed E-state index contributed by atoms with van der Waals surface area (Å²) in [6, 6.07) is 5.04. The van der Waals surface area contributed by atoms with Gasteiger partial charge in [-0.1, -0.05) is 0 Å². The minimum Gasteiger partial charge on any atom is -0.504 e. The number of ether oxygens (including phenoxy) is 2. The Labute approximate surface area is 125 Å². The maximum atomic E-state index is 12.5. The van der Waals surface area contributed by atoms with Gasteiger partial charge in [0.15, 0.2) is 34.6 Å². The van der Waals surface area contributed by atoms with E-state index in [9.17, 15) is 19.8 Å². The van der Waals surface area contributed by atoms with E-state index < -0.39 is 11.6 Å². The molecule has 0 aromatic heterocycles. The second-order valence-electron chi connectivity index (χ2n) is 4.80. The van der Waals surface area contributed by atoms with Crippen molar-refractivity contribution in [1.82, 2.24) is 0 Å². The van der Waals surface area contributed by atoms with Crippen LogP contribution in [-0.4, -0.2) is 36.0 Å². The zero-order valence-electron chi connectivity index (χ0n) is 11.8. The molecule has 0 saturated carbocycles. The maximum Gasteiger partial charge on any atom is 0.194 e. The van der Waals surface area contributed by atoms with Crippen molar-refractivity contribution in [3.8, 4) is 23.0 Å². The Hall–Kier alpha value is -3.02. The zero-order chi connectivity index (χ0) is 16.0. The first-order valence-electron chi connectivity index (χ1n) is 6.39. The van der Waals surface area contributed by atoms with E-state index in [1.165, 1.54) is 38.5 Å². The lowest BCUT2D eigenvalue weighted by Crippen LogP contribution is -2.21. The van der Waals surface area contributed by atoms with E-state index in [1.807, 2.05) is 0 Å². The lowest BCUT2D eigenvalue weighted by molar-refractivity contribution is 0.0978. The maximum absolute atomic E-state index is 12.5. The average Bonchev–Trinajstić information content (AvgIpc) is 2.52. The SMILES string of the molecule is COc1cc2c(cc1O)C(=O)c1cc(OC)c(O)cc1C2=O. The standard InChI is InChI=1S/C16H12O6/c1-21-13-5-9-7(3-11(13)17)16(20)10-6-14(22-2)12(18)4-8(10)15(9)19/h3-6,17-18H,1-2H3. The van der Waals surface area contributed by atoms with Gasteiger partial charge >= 0.3 is 0 Å². The van der Waals surface area contributed by atoms with E-state index in [0.29, 0.717) is 0 Å². The largest absolute Gasteiger partial charge is 0.504 e. The number of hydrogen-bond acceptors (Lipinski definition) is 6.